The fourth-order valence-electron chi connectivity index (χ4n) is 2.89. The lowest BCUT2D eigenvalue weighted by molar-refractivity contribution is -0.384. The molecule has 0 saturated heterocycles. The molecule has 8 nitrogen and oxygen atoms in total. The molecule has 0 atom stereocenters. The summed E-state index contributed by atoms with van der Waals surface area (Å²) in [5, 5.41) is 21.7. The number of nitro groups is 1. The largest absolute Gasteiger partial charge is 0.416 e. The first-order valence-electron chi connectivity index (χ1n) is 9.11. The lowest BCUT2D eigenvalue weighted by Crippen LogP contribution is -2.14. The normalized spacial score (nSPS) is 10.5. The van der Waals surface area contributed by atoms with Gasteiger partial charge in [0.15, 0.2) is 0 Å². The summed E-state index contributed by atoms with van der Waals surface area (Å²) < 4.78 is 5.75. The second kappa shape index (κ2) is 8.36. The van der Waals surface area contributed by atoms with Crippen molar-refractivity contribution in [3.63, 3.8) is 0 Å². The van der Waals surface area contributed by atoms with Gasteiger partial charge in [-0.15, -0.1) is 10.2 Å². The van der Waals surface area contributed by atoms with Gasteiger partial charge in [-0.1, -0.05) is 36.4 Å². The molecule has 8 heteroatoms. The van der Waals surface area contributed by atoms with Crippen LogP contribution in [0.1, 0.15) is 5.56 Å². The van der Waals surface area contributed by atoms with E-state index in [4.69, 9.17) is 4.42 Å². The number of nitrogens with zero attached hydrogens (tertiary/aromatic N) is 3. The standard InChI is InChI=1S/C22H16N4O4/c27-20(13-15-9-11-19(12-10-15)26(28)29)23-18-8-4-7-17(14-18)22-25-24-21(30-22)16-5-2-1-3-6-16/h1-12,14H,13H2,(H,23,27). The molecule has 4 aromatic rings. The zero-order chi connectivity index (χ0) is 20.9. The Morgan fingerprint density at radius 1 is 0.900 bits per heavy atom. The van der Waals surface area contributed by atoms with Crippen LogP contribution in [0.25, 0.3) is 22.9 Å². The number of amides is 1. The van der Waals surface area contributed by atoms with Gasteiger partial charge >= 0.3 is 0 Å². The minimum absolute atomic E-state index is 0.0127. The van der Waals surface area contributed by atoms with Gasteiger partial charge in [0, 0.05) is 28.9 Å². The van der Waals surface area contributed by atoms with Crippen LogP contribution in [0.4, 0.5) is 11.4 Å². The maximum Gasteiger partial charge on any atom is 0.269 e. The lowest BCUT2D eigenvalue weighted by atomic mass is 10.1. The van der Waals surface area contributed by atoms with Crippen LogP contribution in [0.5, 0.6) is 0 Å². The quantitative estimate of drug-likeness (QED) is 0.377. The van der Waals surface area contributed by atoms with Gasteiger partial charge in [-0.05, 0) is 35.9 Å². The van der Waals surface area contributed by atoms with Gasteiger partial charge in [-0.25, -0.2) is 0 Å². The molecule has 0 spiro atoms. The molecule has 1 aromatic heterocycles. The van der Waals surface area contributed by atoms with Crippen molar-refractivity contribution in [2.75, 3.05) is 5.32 Å². The van der Waals surface area contributed by atoms with Crippen LogP contribution < -0.4 is 5.32 Å². The zero-order valence-corrected chi connectivity index (χ0v) is 15.7. The van der Waals surface area contributed by atoms with Crippen LogP contribution in [0.15, 0.2) is 83.3 Å². The summed E-state index contributed by atoms with van der Waals surface area (Å²) in [4.78, 5) is 22.6. The molecule has 0 aliphatic heterocycles. The zero-order valence-electron chi connectivity index (χ0n) is 15.7. The predicted octanol–water partition coefficient (Wildman–Crippen LogP) is 4.49. The number of benzene rings is 3. The summed E-state index contributed by atoms with van der Waals surface area (Å²) in [5.74, 6) is 0.523. The maximum atomic E-state index is 12.3. The fourth-order valence-corrected chi connectivity index (χ4v) is 2.89. The number of carbonyl (C=O) groups is 1. The number of rotatable bonds is 6. The maximum absolute atomic E-state index is 12.3. The Morgan fingerprint density at radius 2 is 1.57 bits per heavy atom. The highest BCUT2D eigenvalue weighted by Crippen LogP contribution is 2.25. The van der Waals surface area contributed by atoms with Crippen LogP contribution >= 0.6 is 0 Å². The van der Waals surface area contributed by atoms with Crippen molar-refractivity contribution in [2.45, 2.75) is 6.42 Å². The molecule has 0 unspecified atom stereocenters. The smallest absolute Gasteiger partial charge is 0.269 e. The molecular formula is C22H16N4O4. The van der Waals surface area contributed by atoms with Crippen molar-refractivity contribution >= 4 is 17.3 Å². The Bertz CT molecular complexity index is 1190. The van der Waals surface area contributed by atoms with E-state index in [-0.39, 0.29) is 18.0 Å². The molecule has 4 rings (SSSR count). The van der Waals surface area contributed by atoms with Crippen molar-refractivity contribution in [3.05, 3.63) is 94.5 Å². The molecule has 148 valence electrons. The van der Waals surface area contributed by atoms with Gasteiger partial charge in [-0.2, -0.15) is 0 Å². The molecule has 0 fully saturated rings. The SMILES string of the molecule is O=C(Cc1ccc([N+](=O)[O-])cc1)Nc1cccc(-c2nnc(-c3ccccc3)o2)c1. The van der Waals surface area contributed by atoms with Crippen LogP contribution in [0, 0.1) is 10.1 Å². The number of carbonyl (C=O) groups excluding carboxylic acids is 1. The molecule has 0 saturated carbocycles. The van der Waals surface area contributed by atoms with Gasteiger partial charge in [0.1, 0.15) is 0 Å². The van der Waals surface area contributed by atoms with Gasteiger partial charge in [-0.3, -0.25) is 14.9 Å². The van der Waals surface area contributed by atoms with Crippen molar-refractivity contribution in [3.8, 4) is 22.9 Å². The van der Waals surface area contributed by atoms with Crippen molar-refractivity contribution in [1.29, 1.82) is 0 Å². The van der Waals surface area contributed by atoms with Crippen molar-refractivity contribution in [1.82, 2.24) is 10.2 Å². The minimum Gasteiger partial charge on any atom is -0.416 e. The van der Waals surface area contributed by atoms with Crippen LogP contribution in [0.2, 0.25) is 0 Å². The molecule has 0 bridgehead atoms. The first-order chi connectivity index (χ1) is 14.6. The van der Waals surface area contributed by atoms with E-state index in [1.165, 1.54) is 12.1 Å². The number of hydrogen-bond donors (Lipinski definition) is 1. The second-order valence-corrected chi connectivity index (χ2v) is 6.51. The van der Waals surface area contributed by atoms with Crippen LogP contribution in [-0.2, 0) is 11.2 Å². The van der Waals surface area contributed by atoms with Gasteiger partial charge in [0.05, 0.1) is 11.3 Å². The summed E-state index contributed by atoms with van der Waals surface area (Å²) >= 11 is 0. The monoisotopic (exact) mass is 400 g/mol. The molecule has 1 N–H and O–H groups in total. The summed E-state index contributed by atoms with van der Waals surface area (Å²) in [7, 11) is 0. The highest BCUT2D eigenvalue weighted by molar-refractivity contribution is 5.92. The van der Waals surface area contributed by atoms with E-state index in [0.717, 1.165) is 5.56 Å². The van der Waals surface area contributed by atoms with E-state index in [1.807, 2.05) is 36.4 Å². The minimum atomic E-state index is -0.476. The predicted molar refractivity (Wildman–Crippen MR) is 111 cm³/mol. The van der Waals surface area contributed by atoms with Crippen LogP contribution in [-0.4, -0.2) is 21.0 Å². The lowest BCUT2D eigenvalue weighted by Gasteiger charge is -2.06. The fraction of sp³-hybridized carbons (Fsp3) is 0.0455. The topological polar surface area (TPSA) is 111 Å². The Morgan fingerprint density at radius 3 is 2.27 bits per heavy atom. The molecule has 1 amide bonds. The van der Waals surface area contributed by atoms with Gasteiger partial charge < -0.3 is 9.73 Å². The van der Waals surface area contributed by atoms with Crippen molar-refractivity contribution in [2.24, 2.45) is 0 Å². The summed E-state index contributed by atoms with van der Waals surface area (Å²) in [5.41, 5.74) is 2.75. The average Bonchev–Trinajstić information content (AvgIpc) is 3.25. The first kappa shape index (κ1) is 19.0. The van der Waals surface area contributed by atoms with Gasteiger partial charge in [0.2, 0.25) is 17.7 Å². The molecule has 0 aliphatic rings. The van der Waals surface area contributed by atoms with Gasteiger partial charge in [0.25, 0.3) is 5.69 Å². The summed E-state index contributed by atoms with van der Waals surface area (Å²) in [6.07, 6.45) is 0.0981. The summed E-state index contributed by atoms with van der Waals surface area (Å²) in [6.45, 7) is 0. The molecule has 3 aromatic carbocycles. The Balaban J connectivity index is 1.45. The Hall–Kier alpha value is -4.33. The van der Waals surface area contributed by atoms with Crippen molar-refractivity contribution < 1.29 is 14.1 Å². The number of hydrogen-bond acceptors (Lipinski definition) is 6. The highest BCUT2D eigenvalue weighted by Gasteiger charge is 2.12. The average molecular weight is 400 g/mol. The van der Waals surface area contributed by atoms with E-state index >= 15 is 0 Å². The highest BCUT2D eigenvalue weighted by atomic mass is 16.6. The molecule has 0 aliphatic carbocycles. The Kier molecular flexibility index (Phi) is 5.29. The first-order valence-corrected chi connectivity index (χ1v) is 9.11. The van der Waals surface area contributed by atoms with Crippen LogP contribution in [0.3, 0.4) is 0 Å². The second-order valence-electron chi connectivity index (χ2n) is 6.51. The summed E-state index contributed by atoms with van der Waals surface area (Å²) in [6, 6.07) is 22.4. The third kappa shape index (κ3) is 4.39. The van der Waals surface area contributed by atoms with E-state index in [2.05, 4.69) is 15.5 Å². The molecule has 0 radical (unpaired) electrons. The third-order valence-electron chi connectivity index (χ3n) is 4.35. The Labute approximate surface area is 171 Å². The van der Waals surface area contributed by atoms with E-state index < -0.39 is 4.92 Å². The number of nitro benzene ring substituents is 1. The van der Waals surface area contributed by atoms with E-state index in [1.54, 1.807) is 30.3 Å². The number of aromatic nitrogens is 2. The number of nitrogens with one attached hydrogen (secondary N) is 1. The molecule has 30 heavy (non-hydrogen) atoms. The third-order valence-corrected chi connectivity index (χ3v) is 4.35. The molecule has 1 heterocycles. The number of anilines is 1. The molecular weight excluding hydrogens is 384 g/mol. The van der Waals surface area contributed by atoms with E-state index in [9.17, 15) is 14.9 Å². The van der Waals surface area contributed by atoms with E-state index in [0.29, 0.717) is 28.6 Å². The number of non-ortho nitro benzene ring substituents is 1.